The third-order valence-electron chi connectivity index (χ3n) is 2.55. The molecule has 0 aliphatic rings. The average molecular weight is 310 g/mol. The lowest BCUT2D eigenvalue weighted by Crippen LogP contribution is -2.05. The first-order valence-corrected chi connectivity index (χ1v) is 7.50. The standard InChI is InChI=1S/C14H16ClN3OS/c1-3-8-16-13-12(19-2)14(18-9-17-13)20-11-6-4-10(15)5-7-11/h4-7,9H,3,8H2,1-2H3,(H,16,17,18). The number of rotatable bonds is 6. The molecule has 0 amide bonds. The number of nitrogens with zero attached hydrogens (tertiary/aromatic N) is 2. The van der Waals surface area contributed by atoms with Crippen molar-refractivity contribution in [3.05, 3.63) is 35.6 Å². The molecule has 6 heteroatoms. The summed E-state index contributed by atoms with van der Waals surface area (Å²) in [5.74, 6) is 1.39. The highest BCUT2D eigenvalue weighted by molar-refractivity contribution is 7.99. The Morgan fingerprint density at radius 1 is 1.25 bits per heavy atom. The van der Waals surface area contributed by atoms with E-state index >= 15 is 0 Å². The van der Waals surface area contributed by atoms with Gasteiger partial charge in [0.1, 0.15) is 11.4 Å². The molecule has 0 atom stereocenters. The molecule has 106 valence electrons. The molecule has 0 unspecified atom stereocenters. The van der Waals surface area contributed by atoms with Crippen LogP contribution in [-0.4, -0.2) is 23.6 Å². The zero-order valence-electron chi connectivity index (χ0n) is 11.4. The highest BCUT2D eigenvalue weighted by Crippen LogP contribution is 2.36. The van der Waals surface area contributed by atoms with Crippen molar-refractivity contribution >= 4 is 29.2 Å². The van der Waals surface area contributed by atoms with E-state index in [0.29, 0.717) is 10.8 Å². The van der Waals surface area contributed by atoms with E-state index in [4.69, 9.17) is 16.3 Å². The second-order valence-corrected chi connectivity index (χ2v) is 5.54. The van der Waals surface area contributed by atoms with Gasteiger partial charge in [-0.25, -0.2) is 9.97 Å². The van der Waals surface area contributed by atoms with Crippen LogP contribution in [0.2, 0.25) is 5.02 Å². The predicted octanol–water partition coefficient (Wildman–Crippen LogP) is 4.11. The van der Waals surface area contributed by atoms with Crippen molar-refractivity contribution in [2.75, 3.05) is 19.0 Å². The second-order valence-electron chi connectivity index (χ2n) is 4.04. The summed E-state index contributed by atoms with van der Waals surface area (Å²) in [6, 6.07) is 7.61. The van der Waals surface area contributed by atoms with Gasteiger partial charge in [-0.05, 0) is 30.7 Å². The first-order chi connectivity index (χ1) is 9.74. The van der Waals surface area contributed by atoms with Gasteiger partial charge in [-0.15, -0.1) is 0 Å². The number of anilines is 1. The molecule has 0 aliphatic heterocycles. The van der Waals surface area contributed by atoms with Crippen LogP contribution in [0.25, 0.3) is 0 Å². The van der Waals surface area contributed by atoms with E-state index in [9.17, 15) is 0 Å². The monoisotopic (exact) mass is 309 g/mol. The Labute approximate surface area is 127 Å². The normalized spacial score (nSPS) is 10.3. The van der Waals surface area contributed by atoms with Crippen LogP contribution in [0.1, 0.15) is 13.3 Å². The molecule has 0 saturated heterocycles. The van der Waals surface area contributed by atoms with Crippen LogP contribution >= 0.6 is 23.4 Å². The number of aromatic nitrogens is 2. The quantitative estimate of drug-likeness (QED) is 0.814. The van der Waals surface area contributed by atoms with Gasteiger partial charge in [0.2, 0.25) is 0 Å². The van der Waals surface area contributed by atoms with E-state index in [0.717, 1.165) is 28.7 Å². The van der Waals surface area contributed by atoms with Gasteiger partial charge in [0.25, 0.3) is 0 Å². The summed E-state index contributed by atoms with van der Waals surface area (Å²) in [6.45, 7) is 2.95. The van der Waals surface area contributed by atoms with E-state index in [2.05, 4.69) is 22.2 Å². The van der Waals surface area contributed by atoms with Crippen LogP contribution < -0.4 is 10.1 Å². The minimum atomic E-state index is 0.668. The number of ether oxygens (including phenoxy) is 1. The van der Waals surface area contributed by atoms with E-state index in [1.807, 2.05) is 24.3 Å². The molecule has 1 N–H and O–H groups in total. The summed E-state index contributed by atoms with van der Waals surface area (Å²) in [5, 5.41) is 4.74. The number of nitrogens with one attached hydrogen (secondary N) is 1. The molecule has 0 radical (unpaired) electrons. The van der Waals surface area contributed by atoms with Gasteiger partial charge >= 0.3 is 0 Å². The third kappa shape index (κ3) is 3.77. The lowest BCUT2D eigenvalue weighted by atomic mass is 10.4. The highest BCUT2D eigenvalue weighted by atomic mass is 35.5. The fraction of sp³-hybridized carbons (Fsp3) is 0.286. The first kappa shape index (κ1) is 14.9. The molecule has 2 rings (SSSR count). The highest BCUT2D eigenvalue weighted by Gasteiger charge is 2.13. The van der Waals surface area contributed by atoms with Gasteiger partial charge in [-0.1, -0.05) is 30.3 Å². The van der Waals surface area contributed by atoms with Crippen molar-refractivity contribution in [1.82, 2.24) is 9.97 Å². The summed E-state index contributed by atoms with van der Waals surface area (Å²) >= 11 is 7.41. The molecule has 2 aromatic rings. The molecule has 0 fully saturated rings. The first-order valence-electron chi connectivity index (χ1n) is 6.31. The van der Waals surface area contributed by atoms with Crippen molar-refractivity contribution in [2.24, 2.45) is 0 Å². The number of benzene rings is 1. The minimum Gasteiger partial charge on any atom is -0.490 e. The van der Waals surface area contributed by atoms with Crippen molar-refractivity contribution in [3.63, 3.8) is 0 Å². The number of hydrogen-bond acceptors (Lipinski definition) is 5. The zero-order chi connectivity index (χ0) is 14.4. The van der Waals surface area contributed by atoms with Crippen LogP contribution in [0.3, 0.4) is 0 Å². The molecule has 20 heavy (non-hydrogen) atoms. The Hall–Kier alpha value is -1.46. The molecule has 1 aromatic carbocycles. The molecular formula is C14H16ClN3OS. The van der Waals surface area contributed by atoms with Crippen molar-refractivity contribution in [3.8, 4) is 5.75 Å². The molecule has 1 aromatic heterocycles. The van der Waals surface area contributed by atoms with Gasteiger partial charge in [0.05, 0.1) is 7.11 Å². The predicted molar refractivity (Wildman–Crippen MR) is 82.9 cm³/mol. The van der Waals surface area contributed by atoms with Crippen LogP contribution in [0.5, 0.6) is 5.75 Å². The third-order valence-corrected chi connectivity index (χ3v) is 3.79. The smallest absolute Gasteiger partial charge is 0.194 e. The molecule has 0 saturated carbocycles. The van der Waals surface area contributed by atoms with Crippen LogP contribution in [0.4, 0.5) is 5.82 Å². The maximum Gasteiger partial charge on any atom is 0.194 e. The number of methoxy groups -OCH3 is 1. The molecule has 0 spiro atoms. The van der Waals surface area contributed by atoms with Gasteiger partial charge in [-0.3, -0.25) is 0 Å². The van der Waals surface area contributed by atoms with E-state index in [1.165, 1.54) is 11.8 Å². The van der Waals surface area contributed by atoms with Gasteiger partial charge in [0, 0.05) is 16.5 Å². The van der Waals surface area contributed by atoms with Crippen LogP contribution in [0.15, 0.2) is 40.5 Å². The summed E-state index contributed by atoms with van der Waals surface area (Å²) in [6.07, 6.45) is 2.56. The van der Waals surface area contributed by atoms with E-state index in [-0.39, 0.29) is 0 Å². The average Bonchev–Trinajstić information content (AvgIpc) is 2.47. The molecule has 1 heterocycles. The lowest BCUT2D eigenvalue weighted by Gasteiger charge is -2.12. The molecule has 0 bridgehead atoms. The maximum absolute atomic E-state index is 5.89. The summed E-state index contributed by atoms with van der Waals surface area (Å²) < 4.78 is 5.44. The number of halogens is 1. The summed E-state index contributed by atoms with van der Waals surface area (Å²) in [5.41, 5.74) is 0. The molecule has 0 aliphatic carbocycles. The van der Waals surface area contributed by atoms with Crippen molar-refractivity contribution < 1.29 is 4.74 Å². The van der Waals surface area contributed by atoms with Crippen LogP contribution in [-0.2, 0) is 0 Å². The SMILES string of the molecule is CCCNc1ncnc(Sc2ccc(Cl)cc2)c1OC. The van der Waals surface area contributed by atoms with Gasteiger partial charge in [-0.2, -0.15) is 0 Å². The molecular weight excluding hydrogens is 294 g/mol. The zero-order valence-corrected chi connectivity index (χ0v) is 13.0. The Bertz CT molecular complexity index is 563. The van der Waals surface area contributed by atoms with E-state index < -0.39 is 0 Å². The largest absolute Gasteiger partial charge is 0.490 e. The van der Waals surface area contributed by atoms with Gasteiger partial charge < -0.3 is 10.1 Å². The van der Waals surface area contributed by atoms with E-state index in [1.54, 1.807) is 13.4 Å². The fourth-order valence-electron chi connectivity index (χ4n) is 1.60. The summed E-state index contributed by atoms with van der Waals surface area (Å²) in [7, 11) is 1.63. The Morgan fingerprint density at radius 2 is 2.00 bits per heavy atom. The van der Waals surface area contributed by atoms with Crippen LogP contribution in [0, 0.1) is 0 Å². The van der Waals surface area contributed by atoms with Crippen molar-refractivity contribution in [2.45, 2.75) is 23.3 Å². The maximum atomic E-state index is 5.89. The summed E-state index contributed by atoms with van der Waals surface area (Å²) in [4.78, 5) is 9.56. The lowest BCUT2D eigenvalue weighted by molar-refractivity contribution is 0.400. The van der Waals surface area contributed by atoms with Crippen molar-refractivity contribution in [1.29, 1.82) is 0 Å². The van der Waals surface area contributed by atoms with Gasteiger partial charge in [0.15, 0.2) is 11.6 Å². The Kier molecular flexibility index (Phi) is 5.49. The minimum absolute atomic E-state index is 0.668. The Balaban J connectivity index is 2.24. The number of hydrogen-bond donors (Lipinski definition) is 1. The topological polar surface area (TPSA) is 47.0 Å². The second kappa shape index (κ2) is 7.36. The fourth-order valence-corrected chi connectivity index (χ4v) is 2.59. The molecule has 4 nitrogen and oxygen atoms in total. The Morgan fingerprint density at radius 3 is 2.65 bits per heavy atom.